The van der Waals surface area contributed by atoms with Gasteiger partial charge in [-0.15, -0.1) is 0 Å². The summed E-state index contributed by atoms with van der Waals surface area (Å²) in [4.78, 5) is 10.3. The summed E-state index contributed by atoms with van der Waals surface area (Å²) in [5.74, 6) is 0.272. The van der Waals surface area contributed by atoms with Gasteiger partial charge in [0.15, 0.2) is 0 Å². The van der Waals surface area contributed by atoms with Gasteiger partial charge in [-0.3, -0.25) is 4.79 Å². The highest BCUT2D eigenvalue weighted by Gasteiger charge is 2.18. The van der Waals surface area contributed by atoms with Crippen LogP contribution in [-0.4, -0.2) is 23.7 Å². The fraction of sp³-hybridized carbons (Fsp3) is 0.923. The summed E-state index contributed by atoms with van der Waals surface area (Å²) < 4.78 is 0. The number of aliphatic carboxylic acids is 1. The molecule has 0 aromatic heterocycles. The van der Waals surface area contributed by atoms with Crippen LogP contribution in [0.25, 0.3) is 0 Å². The Labute approximate surface area is 98.6 Å². The van der Waals surface area contributed by atoms with Gasteiger partial charge in [0.2, 0.25) is 0 Å². The van der Waals surface area contributed by atoms with Gasteiger partial charge in [-0.25, -0.2) is 0 Å². The van der Waals surface area contributed by atoms with Crippen molar-refractivity contribution in [3.8, 4) is 0 Å². The van der Waals surface area contributed by atoms with Gasteiger partial charge in [0.25, 0.3) is 0 Å². The van der Waals surface area contributed by atoms with E-state index in [1.165, 1.54) is 32.1 Å². The number of carboxylic acid groups (broad SMARTS) is 1. The van der Waals surface area contributed by atoms with Crippen LogP contribution in [0.2, 0.25) is 0 Å². The van der Waals surface area contributed by atoms with E-state index in [9.17, 15) is 4.79 Å². The van der Waals surface area contributed by atoms with Crippen molar-refractivity contribution in [2.75, 3.05) is 6.54 Å². The molecule has 1 fully saturated rings. The lowest BCUT2D eigenvalue weighted by atomic mass is 9.84. The minimum absolute atomic E-state index is 0.310. The Bertz CT molecular complexity index is 198. The molecule has 3 nitrogen and oxygen atoms in total. The maximum atomic E-state index is 10.3. The second kappa shape index (κ2) is 7.66. The van der Waals surface area contributed by atoms with Crippen LogP contribution in [0.4, 0.5) is 0 Å². The first-order valence-electron chi connectivity index (χ1n) is 6.67. The smallest absolute Gasteiger partial charge is 0.303 e. The van der Waals surface area contributed by atoms with Gasteiger partial charge in [0.1, 0.15) is 0 Å². The maximum Gasteiger partial charge on any atom is 0.303 e. The first-order chi connectivity index (χ1) is 7.72. The number of hydrogen-bond donors (Lipinski definition) is 2. The Morgan fingerprint density at radius 3 is 2.50 bits per heavy atom. The van der Waals surface area contributed by atoms with E-state index in [1.54, 1.807) is 0 Å². The molecular weight excluding hydrogens is 202 g/mol. The fourth-order valence-electron chi connectivity index (χ4n) is 2.48. The molecule has 1 saturated carbocycles. The number of unbranched alkanes of at least 4 members (excludes halogenated alkanes) is 1. The largest absolute Gasteiger partial charge is 0.481 e. The summed E-state index contributed by atoms with van der Waals surface area (Å²) >= 11 is 0. The maximum absolute atomic E-state index is 10.3. The average molecular weight is 227 g/mol. The highest BCUT2D eigenvalue weighted by Crippen LogP contribution is 2.26. The zero-order valence-corrected chi connectivity index (χ0v) is 10.4. The lowest BCUT2D eigenvalue weighted by molar-refractivity contribution is -0.137. The minimum Gasteiger partial charge on any atom is -0.481 e. The number of rotatable bonds is 7. The van der Waals surface area contributed by atoms with Crippen LogP contribution in [-0.2, 0) is 4.79 Å². The zero-order chi connectivity index (χ0) is 11.8. The molecule has 0 amide bonds. The lowest BCUT2D eigenvalue weighted by Gasteiger charge is -2.28. The van der Waals surface area contributed by atoms with Crippen molar-refractivity contribution in [1.82, 2.24) is 5.32 Å². The van der Waals surface area contributed by atoms with Crippen LogP contribution in [0.15, 0.2) is 0 Å². The first kappa shape index (κ1) is 13.5. The Morgan fingerprint density at radius 2 is 1.94 bits per heavy atom. The molecule has 0 heterocycles. The Morgan fingerprint density at radius 1 is 1.25 bits per heavy atom. The average Bonchev–Trinajstić information content (AvgIpc) is 2.29. The molecule has 0 aromatic rings. The predicted octanol–water partition coefficient (Wildman–Crippen LogP) is 2.80. The van der Waals surface area contributed by atoms with E-state index < -0.39 is 5.97 Å². The number of carboxylic acids is 1. The molecule has 0 saturated heterocycles. The quantitative estimate of drug-likeness (QED) is 0.657. The second-order valence-corrected chi connectivity index (χ2v) is 4.93. The Balaban J connectivity index is 1.96. The second-order valence-electron chi connectivity index (χ2n) is 4.93. The van der Waals surface area contributed by atoms with Crippen LogP contribution in [0.5, 0.6) is 0 Å². The molecule has 2 N–H and O–H groups in total. The van der Waals surface area contributed by atoms with Crippen molar-refractivity contribution in [2.24, 2.45) is 5.92 Å². The van der Waals surface area contributed by atoms with E-state index >= 15 is 0 Å². The molecule has 0 bridgehead atoms. The Hall–Kier alpha value is -0.570. The van der Waals surface area contributed by atoms with Crippen LogP contribution >= 0.6 is 0 Å². The third-order valence-electron chi connectivity index (χ3n) is 3.67. The van der Waals surface area contributed by atoms with E-state index in [1.807, 2.05) is 0 Å². The van der Waals surface area contributed by atoms with E-state index in [-0.39, 0.29) is 0 Å². The van der Waals surface area contributed by atoms with Gasteiger partial charge in [0, 0.05) is 12.5 Å². The summed E-state index contributed by atoms with van der Waals surface area (Å²) in [6, 6.07) is 0.688. The van der Waals surface area contributed by atoms with E-state index in [0.717, 1.165) is 25.3 Å². The number of hydrogen-bond acceptors (Lipinski definition) is 2. The lowest BCUT2D eigenvalue weighted by Crippen LogP contribution is -2.33. The molecule has 0 atom stereocenters. The summed E-state index contributed by atoms with van der Waals surface area (Å²) in [5.41, 5.74) is 0. The molecule has 3 heteroatoms. The molecule has 0 aromatic carbocycles. The third-order valence-corrected chi connectivity index (χ3v) is 3.67. The summed E-state index contributed by atoms with van der Waals surface area (Å²) in [6.07, 6.45) is 8.75. The minimum atomic E-state index is -0.677. The monoisotopic (exact) mass is 227 g/mol. The topological polar surface area (TPSA) is 49.3 Å². The van der Waals surface area contributed by atoms with Crippen LogP contribution < -0.4 is 5.32 Å². The van der Waals surface area contributed by atoms with Crippen molar-refractivity contribution in [2.45, 2.75) is 64.3 Å². The van der Waals surface area contributed by atoms with Crippen molar-refractivity contribution in [3.63, 3.8) is 0 Å². The third kappa shape index (κ3) is 5.50. The first-order valence-corrected chi connectivity index (χ1v) is 6.67. The summed E-state index contributed by atoms with van der Waals surface area (Å²) in [5, 5.41) is 12.0. The molecule has 0 unspecified atom stereocenters. The number of carbonyl (C=O) groups is 1. The highest BCUT2D eigenvalue weighted by molar-refractivity contribution is 5.66. The van der Waals surface area contributed by atoms with E-state index in [2.05, 4.69) is 12.2 Å². The van der Waals surface area contributed by atoms with Gasteiger partial charge in [-0.05, 0) is 51.0 Å². The molecule has 94 valence electrons. The van der Waals surface area contributed by atoms with Gasteiger partial charge in [-0.2, -0.15) is 0 Å². The van der Waals surface area contributed by atoms with Crippen LogP contribution in [0.3, 0.4) is 0 Å². The molecule has 0 aliphatic heterocycles. The number of nitrogens with one attached hydrogen (secondary N) is 1. The molecule has 1 aliphatic carbocycles. The van der Waals surface area contributed by atoms with Gasteiger partial charge >= 0.3 is 5.97 Å². The van der Waals surface area contributed by atoms with Crippen molar-refractivity contribution in [1.29, 1.82) is 0 Å². The molecule has 1 rings (SSSR count). The predicted molar refractivity (Wildman–Crippen MR) is 65.5 cm³/mol. The Kier molecular flexibility index (Phi) is 6.46. The normalized spacial score (nSPS) is 25.6. The summed E-state index contributed by atoms with van der Waals surface area (Å²) in [6.45, 7) is 3.26. The van der Waals surface area contributed by atoms with Crippen LogP contribution in [0.1, 0.15) is 58.3 Å². The van der Waals surface area contributed by atoms with Crippen molar-refractivity contribution >= 4 is 5.97 Å². The molecular formula is C13H25NO2. The highest BCUT2D eigenvalue weighted by atomic mass is 16.4. The SMILES string of the molecule is CCC1CCC(NCCCCC(=O)O)CC1. The molecule has 1 aliphatic rings. The van der Waals surface area contributed by atoms with Gasteiger partial charge in [0.05, 0.1) is 0 Å². The standard InChI is InChI=1S/C13H25NO2/c1-2-11-6-8-12(9-7-11)14-10-4-3-5-13(15)16/h11-12,14H,2-10H2,1H3,(H,15,16). The fourth-order valence-corrected chi connectivity index (χ4v) is 2.48. The molecule has 0 spiro atoms. The van der Waals surface area contributed by atoms with Gasteiger partial charge in [-0.1, -0.05) is 13.3 Å². The van der Waals surface area contributed by atoms with E-state index in [4.69, 9.17) is 5.11 Å². The molecule has 0 radical (unpaired) electrons. The van der Waals surface area contributed by atoms with Gasteiger partial charge < -0.3 is 10.4 Å². The summed E-state index contributed by atoms with van der Waals surface area (Å²) in [7, 11) is 0. The molecule has 16 heavy (non-hydrogen) atoms. The van der Waals surface area contributed by atoms with Crippen LogP contribution in [0, 0.1) is 5.92 Å². The zero-order valence-electron chi connectivity index (χ0n) is 10.4. The van der Waals surface area contributed by atoms with Crippen molar-refractivity contribution < 1.29 is 9.90 Å². The van der Waals surface area contributed by atoms with Crippen molar-refractivity contribution in [3.05, 3.63) is 0 Å². The van der Waals surface area contributed by atoms with E-state index in [0.29, 0.717) is 12.5 Å².